The maximum Gasteiger partial charge on any atom is 0.262 e. The molecule has 0 saturated carbocycles. The molecular weight excluding hydrogens is 406 g/mol. The summed E-state index contributed by atoms with van der Waals surface area (Å²) in [5, 5.41) is 11.8. The molecule has 1 saturated heterocycles. The lowest BCUT2D eigenvalue weighted by atomic mass is 10.2. The van der Waals surface area contributed by atoms with Gasteiger partial charge in [-0.2, -0.15) is 0 Å². The van der Waals surface area contributed by atoms with E-state index in [-0.39, 0.29) is 11.7 Å². The molecule has 1 aromatic heterocycles. The van der Waals surface area contributed by atoms with Crippen molar-refractivity contribution in [3.63, 3.8) is 0 Å². The Morgan fingerprint density at radius 1 is 1.25 bits per heavy atom. The smallest absolute Gasteiger partial charge is 0.262 e. The van der Waals surface area contributed by atoms with Crippen LogP contribution < -0.4 is 10.2 Å². The molecule has 0 unspecified atom stereocenters. The highest BCUT2D eigenvalue weighted by atomic mass is 32.2. The molecule has 0 aliphatic carbocycles. The Hall–Kier alpha value is -2.05. The summed E-state index contributed by atoms with van der Waals surface area (Å²) in [4.78, 5) is 25.8. The molecule has 0 bridgehead atoms. The van der Waals surface area contributed by atoms with Gasteiger partial charge in [-0.3, -0.25) is 14.8 Å². The van der Waals surface area contributed by atoms with Crippen molar-refractivity contribution in [2.45, 2.75) is 18.2 Å². The summed E-state index contributed by atoms with van der Waals surface area (Å²) in [6, 6.07) is 5.80. The zero-order valence-corrected chi connectivity index (χ0v) is 16.6. The molecule has 11 heteroatoms. The number of fused-ring (bicyclic) bond motifs is 1. The molecule has 2 aromatic rings. The van der Waals surface area contributed by atoms with E-state index >= 15 is 0 Å². The molecule has 9 nitrogen and oxygen atoms in total. The van der Waals surface area contributed by atoms with Crippen LogP contribution in [0.5, 0.6) is 0 Å². The van der Waals surface area contributed by atoms with Gasteiger partial charge in [-0.25, -0.2) is 18.6 Å². The Bertz CT molecular complexity index is 953. The number of carbonyl (C=O) groups is 2. The van der Waals surface area contributed by atoms with Gasteiger partial charge in [0.25, 0.3) is 5.91 Å². The zero-order chi connectivity index (χ0) is 20.1. The third kappa shape index (κ3) is 5.26. The Balaban J connectivity index is 1.69. The van der Waals surface area contributed by atoms with Gasteiger partial charge in [0.2, 0.25) is 15.9 Å². The molecule has 1 aromatic carbocycles. The van der Waals surface area contributed by atoms with E-state index in [1.54, 1.807) is 23.5 Å². The van der Waals surface area contributed by atoms with Gasteiger partial charge in [0.05, 0.1) is 25.4 Å². The normalized spacial score (nSPS) is 16.1. The summed E-state index contributed by atoms with van der Waals surface area (Å²) in [7, 11) is -3.93. The van der Waals surface area contributed by atoms with E-state index in [0.717, 1.165) is 10.1 Å². The molecule has 2 heterocycles. The van der Waals surface area contributed by atoms with Crippen LogP contribution in [0.25, 0.3) is 10.1 Å². The van der Waals surface area contributed by atoms with E-state index in [0.29, 0.717) is 31.9 Å². The molecule has 3 rings (SSSR count). The number of benzene rings is 1. The van der Waals surface area contributed by atoms with Crippen LogP contribution in [0.4, 0.5) is 0 Å². The third-order valence-corrected chi connectivity index (χ3v) is 6.62. The average molecular weight is 428 g/mol. The second-order valence-electron chi connectivity index (χ2n) is 6.40. The fourth-order valence-electron chi connectivity index (χ4n) is 2.97. The lowest BCUT2D eigenvalue weighted by molar-refractivity contribution is -0.140. The van der Waals surface area contributed by atoms with Gasteiger partial charge in [-0.15, -0.1) is 11.3 Å². The summed E-state index contributed by atoms with van der Waals surface area (Å²) in [6.45, 7) is 1.53. The SMILES string of the molecule is O=C(NO)[C@@H](CC(=O)N1CCOCC1)NS(=O)(=O)Cc1ccc2sccc2c1. The maximum atomic E-state index is 12.5. The van der Waals surface area contributed by atoms with Crippen molar-refractivity contribution in [1.29, 1.82) is 0 Å². The van der Waals surface area contributed by atoms with Crippen LogP contribution in [0.3, 0.4) is 0 Å². The van der Waals surface area contributed by atoms with Gasteiger partial charge in [0, 0.05) is 17.8 Å². The number of morpholine rings is 1. The van der Waals surface area contributed by atoms with E-state index in [1.165, 1.54) is 10.4 Å². The van der Waals surface area contributed by atoms with Crippen LogP contribution in [0.1, 0.15) is 12.0 Å². The van der Waals surface area contributed by atoms with Gasteiger partial charge < -0.3 is 9.64 Å². The molecule has 1 aliphatic heterocycles. The number of nitrogens with zero attached hydrogens (tertiary/aromatic N) is 1. The Labute approximate surface area is 166 Å². The molecule has 1 aliphatic rings. The first kappa shape index (κ1) is 20.7. The van der Waals surface area contributed by atoms with E-state index in [1.807, 2.05) is 17.5 Å². The number of nitrogens with one attached hydrogen (secondary N) is 2. The zero-order valence-electron chi connectivity index (χ0n) is 15.0. The van der Waals surface area contributed by atoms with Crippen molar-refractivity contribution < 1.29 is 28.0 Å². The second-order valence-corrected chi connectivity index (χ2v) is 9.10. The van der Waals surface area contributed by atoms with E-state index < -0.39 is 28.4 Å². The van der Waals surface area contributed by atoms with Crippen molar-refractivity contribution >= 4 is 43.3 Å². The Kier molecular flexibility index (Phi) is 6.62. The van der Waals surface area contributed by atoms with Crippen molar-refractivity contribution in [3.8, 4) is 0 Å². The summed E-state index contributed by atoms with van der Waals surface area (Å²) in [5.41, 5.74) is 1.98. The van der Waals surface area contributed by atoms with Crippen molar-refractivity contribution in [2.75, 3.05) is 26.3 Å². The van der Waals surface area contributed by atoms with E-state index in [4.69, 9.17) is 9.94 Å². The fraction of sp³-hybridized carbons (Fsp3) is 0.412. The van der Waals surface area contributed by atoms with E-state index in [9.17, 15) is 18.0 Å². The number of ether oxygens (including phenoxy) is 1. The third-order valence-electron chi connectivity index (χ3n) is 4.36. The Morgan fingerprint density at radius 2 is 2.00 bits per heavy atom. The Morgan fingerprint density at radius 3 is 2.71 bits per heavy atom. The van der Waals surface area contributed by atoms with E-state index in [2.05, 4.69) is 4.72 Å². The first-order valence-electron chi connectivity index (χ1n) is 8.63. The summed E-state index contributed by atoms with van der Waals surface area (Å²) < 4.78 is 33.5. The minimum Gasteiger partial charge on any atom is -0.378 e. The number of sulfonamides is 1. The molecule has 0 radical (unpaired) electrons. The van der Waals surface area contributed by atoms with Crippen LogP contribution in [0.2, 0.25) is 0 Å². The van der Waals surface area contributed by atoms with Crippen molar-refractivity contribution in [2.24, 2.45) is 0 Å². The molecule has 152 valence electrons. The molecular formula is C17H21N3O6S2. The molecule has 0 spiro atoms. The summed E-state index contributed by atoms with van der Waals surface area (Å²) in [6.07, 6.45) is -0.394. The van der Waals surface area contributed by atoms with Gasteiger partial charge >= 0.3 is 0 Å². The van der Waals surface area contributed by atoms with Crippen LogP contribution >= 0.6 is 11.3 Å². The minimum absolute atomic E-state index is 0.347. The molecule has 28 heavy (non-hydrogen) atoms. The van der Waals surface area contributed by atoms with Crippen molar-refractivity contribution in [3.05, 3.63) is 35.2 Å². The monoisotopic (exact) mass is 427 g/mol. The minimum atomic E-state index is -3.93. The van der Waals surface area contributed by atoms with Crippen LogP contribution in [-0.2, 0) is 30.1 Å². The van der Waals surface area contributed by atoms with Gasteiger partial charge in [0.15, 0.2) is 0 Å². The number of carbonyl (C=O) groups excluding carboxylic acids is 2. The quantitative estimate of drug-likeness (QED) is 0.435. The fourth-order valence-corrected chi connectivity index (χ4v) is 5.06. The predicted molar refractivity (Wildman–Crippen MR) is 103 cm³/mol. The second kappa shape index (κ2) is 8.97. The number of amides is 2. The summed E-state index contributed by atoms with van der Waals surface area (Å²) >= 11 is 1.56. The number of thiophene rings is 1. The van der Waals surface area contributed by atoms with Crippen LogP contribution in [0, 0.1) is 0 Å². The maximum absolute atomic E-state index is 12.5. The molecule has 2 amide bonds. The van der Waals surface area contributed by atoms with Gasteiger partial charge in [-0.05, 0) is 34.5 Å². The number of rotatable bonds is 7. The molecule has 3 N–H and O–H groups in total. The van der Waals surface area contributed by atoms with Crippen LogP contribution in [0.15, 0.2) is 29.6 Å². The van der Waals surface area contributed by atoms with Crippen LogP contribution in [-0.4, -0.2) is 62.7 Å². The highest BCUT2D eigenvalue weighted by Gasteiger charge is 2.29. The lowest BCUT2D eigenvalue weighted by Gasteiger charge is -2.28. The molecule has 1 fully saturated rings. The number of hydrogen-bond donors (Lipinski definition) is 3. The highest BCUT2D eigenvalue weighted by molar-refractivity contribution is 7.88. The average Bonchev–Trinajstić information content (AvgIpc) is 3.14. The number of hydrogen-bond acceptors (Lipinski definition) is 7. The lowest BCUT2D eigenvalue weighted by Crippen LogP contribution is -2.50. The predicted octanol–water partition coefficient (Wildman–Crippen LogP) is 0.444. The van der Waals surface area contributed by atoms with Gasteiger partial charge in [-0.1, -0.05) is 6.07 Å². The topological polar surface area (TPSA) is 125 Å². The largest absolute Gasteiger partial charge is 0.378 e. The number of hydroxylamine groups is 1. The molecule has 1 atom stereocenters. The highest BCUT2D eigenvalue weighted by Crippen LogP contribution is 2.22. The summed E-state index contributed by atoms with van der Waals surface area (Å²) in [5.74, 6) is -1.72. The van der Waals surface area contributed by atoms with Crippen molar-refractivity contribution in [1.82, 2.24) is 15.1 Å². The first-order chi connectivity index (χ1) is 13.4. The van der Waals surface area contributed by atoms with Gasteiger partial charge in [0.1, 0.15) is 6.04 Å². The standard InChI is InChI=1S/C17H21N3O6S2/c21-16(20-4-6-26-7-5-20)10-14(17(22)18-23)19-28(24,25)11-12-1-2-15-13(9-12)3-8-27-15/h1-3,8-9,14,19,23H,4-7,10-11H2,(H,18,22)/t14-/m1/s1. The first-order valence-corrected chi connectivity index (χ1v) is 11.2.